The topological polar surface area (TPSA) is 60.9 Å². The van der Waals surface area contributed by atoms with Gasteiger partial charge in [-0.3, -0.25) is 4.90 Å². The molecule has 4 aromatic rings. The Morgan fingerprint density at radius 2 is 1.85 bits per heavy atom. The number of nitrogens with zero attached hydrogens (tertiary/aromatic N) is 5. The van der Waals surface area contributed by atoms with Crippen LogP contribution in [0.25, 0.3) is 21.9 Å². The van der Waals surface area contributed by atoms with Crippen LogP contribution >= 0.6 is 0 Å². The molecule has 6 nitrogen and oxygen atoms in total. The summed E-state index contributed by atoms with van der Waals surface area (Å²) in [6, 6.07) is 14.6. The minimum atomic E-state index is 0.869. The number of piperazine rings is 1. The summed E-state index contributed by atoms with van der Waals surface area (Å²) in [5, 5.41) is 1.09. The van der Waals surface area contributed by atoms with Crippen molar-refractivity contribution in [2.24, 2.45) is 0 Å². The molecule has 3 heterocycles. The molecule has 0 spiro atoms. The number of hydrogen-bond donors (Lipinski definition) is 1. The van der Waals surface area contributed by atoms with E-state index in [0.29, 0.717) is 0 Å². The Hall–Kier alpha value is -2.99. The second-order valence-electron chi connectivity index (χ2n) is 6.73. The first-order chi connectivity index (χ1) is 12.8. The molecule has 2 aromatic carbocycles. The maximum Gasteiger partial charge on any atom is 0.121 e. The van der Waals surface area contributed by atoms with Gasteiger partial charge in [-0.1, -0.05) is 12.1 Å². The van der Waals surface area contributed by atoms with Gasteiger partial charge in [-0.05, 0) is 30.3 Å². The smallest absolute Gasteiger partial charge is 0.121 e. The number of fused-ring (bicyclic) bond motifs is 2. The van der Waals surface area contributed by atoms with Crippen LogP contribution in [-0.4, -0.2) is 51.0 Å². The van der Waals surface area contributed by atoms with E-state index in [1.54, 1.807) is 6.33 Å². The number of rotatable bonds is 3. The minimum absolute atomic E-state index is 0.869. The van der Waals surface area contributed by atoms with E-state index in [2.05, 4.69) is 55.1 Å². The van der Waals surface area contributed by atoms with Crippen molar-refractivity contribution >= 4 is 27.6 Å². The van der Waals surface area contributed by atoms with Crippen molar-refractivity contribution in [1.29, 1.82) is 0 Å². The number of anilines is 1. The van der Waals surface area contributed by atoms with Gasteiger partial charge in [-0.25, -0.2) is 15.0 Å². The largest absolute Gasteiger partial charge is 0.369 e. The zero-order valence-corrected chi connectivity index (χ0v) is 14.5. The van der Waals surface area contributed by atoms with Crippen LogP contribution in [0.3, 0.4) is 0 Å². The Balaban J connectivity index is 1.26. The monoisotopic (exact) mass is 344 g/mol. The van der Waals surface area contributed by atoms with Gasteiger partial charge in [0.2, 0.25) is 0 Å². The molecule has 0 bridgehead atoms. The summed E-state index contributed by atoms with van der Waals surface area (Å²) < 4.78 is 0. The van der Waals surface area contributed by atoms with Crippen molar-refractivity contribution < 1.29 is 0 Å². The molecule has 1 saturated heterocycles. The molecular formula is C20H20N6. The number of benzene rings is 2. The molecule has 1 N–H and O–H groups in total. The second kappa shape index (κ2) is 6.38. The normalized spacial score (nSPS) is 15.8. The van der Waals surface area contributed by atoms with Gasteiger partial charge in [-0.2, -0.15) is 0 Å². The summed E-state index contributed by atoms with van der Waals surface area (Å²) in [5.74, 6) is 1.04. The molecular weight excluding hydrogens is 324 g/mol. The first-order valence-corrected chi connectivity index (χ1v) is 8.96. The molecule has 0 atom stereocenters. The Bertz CT molecular complexity index is 1020. The molecule has 1 aliphatic rings. The molecule has 26 heavy (non-hydrogen) atoms. The summed E-state index contributed by atoms with van der Waals surface area (Å²) in [5.41, 5.74) is 4.39. The highest BCUT2D eigenvalue weighted by Crippen LogP contribution is 2.22. The number of H-pyrrole nitrogens is 1. The first-order valence-electron chi connectivity index (χ1n) is 8.96. The maximum absolute atomic E-state index is 4.69. The Kier molecular flexibility index (Phi) is 3.75. The fourth-order valence-electron chi connectivity index (χ4n) is 3.63. The van der Waals surface area contributed by atoms with Crippen molar-refractivity contribution in [3.8, 4) is 0 Å². The second-order valence-corrected chi connectivity index (χ2v) is 6.73. The van der Waals surface area contributed by atoms with Crippen molar-refractivity contribution in [3.05, 3.63) is 60.8 Å². The Labute approximate surface area is 151 Å². The van der Waals surface area contributed by atoms with E-state index < -0.39 is 0 Å². The lowest BCUT2D eigenvalue weighted by molar-refractivity contribution is 0.245. The number of aromatic nitrogens is 4. The average molecular weight is 344 g/mol. The van der Waals surface area contributed by atoms with Gasteiger partial charge in [0, 0.05) is 43.4 Å². The number of nitrogens with one attached hydrogen (secondary N) is 1. The highest BCUT2D eigenvalue weighted by Gasteiger charge is 2.18. The fraction of sp³-hybridized carbons (Fsp3) is 0.250. The zero-order chi connectivity index (χ0) is 17.3. The third kappa shape index (κ3) is 2.88. The van der Waals surface area contributed by atoms with E-state index in [1.807, 2.05) is 18.3 Å². The van der Waals surface area contributed by atoms with Crippen molar-refractivity contribution in [3.63, 3.8) is 0 Å². The van der Waals surface area contributed by atoms with Crippen LogP contribution in [0.2, 0.25) is 0 Å². The van der Waals surface area contributed by atoms with Gasteiger partial charge in [-0.15, -0.1) is 0 Å². The lowest BCUT2D eigenvalue weighted by Crippen LogP contribution is -2.46. The SMILES string of the molecule is c1ccc2[nH]c(CN3CCN(c4ccc5ncncc5c4)CC3)nc2c1. The highest BCUT2D eigenvalue weighted by molar-refractivity contribution is 5.81. The van der Waals surface area contributed by atoms with E-state index in [4.69, 9.17) is 4.98 Å². The van der Waals surface area contributed by atoms with Crippen LogP contribution in [0.1, 0.15) is 5.82 Å². The quantitative estimate of drug-likeness (QED) is 0.619. The molecule has 2 aromatic heterocycles. The molecule has 5 rings (SSSR count). The van der Waals surface area contributed by atoms with E-state index in [0.717, 1.165) is 60.5 Å². The van der Waals surface area contributed by atoms with Crippen LogP contribution in [0.5, 0.6) is 0 Å². The van der Waals surface area contributed by atoms with Gasteiger partial charge in [0.1, 0.15) is 12.2 Å². The van der Waals surface area contributed by atoms with Crippen LogP contribution in [0.15, 0.2) is 55.0 Å². The van der Waals surface area contributed by atoms with Crippen molar-refractivity contribution in [2.45, 2.75) is 6.54 Å². The molecule has 0 saturated carbocycles. The number of aromatic amines is 1. The van der Waals surface area contributed by atoms with Gasteiger partial charge in [0.05, 0.1) is 23.1 Å². The third-order valence-corrected chi connectivity index (χ3v) is 5.04. The van der Waals surface area contributed by atoms with Crippen LogP contribution in [-0.2, 0) is 6.54 Å². The average Bonchev–Trinajstić information content (AvgIpc) is 3.10. The minimum Gasteiger partial charge on any atom is -0.369 e. The van der Waals surface area contributed by atoms with Gasteiger partial charge >= 0.3 is 0 Å². The summed E-state index contributed by atoms with van der Waals surface area (Å²) >= 11 is 0. The lowest BCUT2D eigenvalue weighted by Gasteiger charge is -2.35. The number of imidazole rings is 1. The number of hydrogen-bond acceptors (Lipinski definition) is 5. The molecule has 1 aliphatic heterocycles. The summed E-state index contributed by atoms with van der Waals surface area (Å²) in [6.45, 7) is 4.95. The predicted octanol–water partition coefficient (Wildman–Crippen LogP) is 2.83. The Morgan fingerprint density at radius 1 is 0.962 bits per heavy atom. The van der Waals surface area contributed by atoms with Gasteiger partial charge in [0.25, 0.3) is 0 Å². The summed E-state index contributed by atoms with van der Waals surface area (Å²) in [7, 11) is 0. The Morgan fingerprint density at radius 3 is 2.73 bits per heavy atom. The lowest BCUT2D eigenvalue weighted by atomic mass is 10.2. The standard InChI is InChI=1S/C20H20N6/c1-2-4-19-18(3-1)23-20(24-19)13-25-7-9-26(10-8-25)16-5-6-17-15(11-16)12-21-14-22-17/h1-6,11-12,14H,7-10,13H2,(H,23,24). The van der Waals surface area contributed by atoms with Gasteiger partial charge < -0.3 is 9.88 Å². The van der Waals surface area contributed by atoms with Gasteiger partial charge in [0.15, 0.2) is 0 Å². The molecule has 130 valence electrons. The molecule has 0 radical (unpaired) electrons. The molecule has 6 heteroatoms. The van der Waals surface area contributed by atoms with Crippen molar-refractivity contribution in [2.75, 3.05) is 31.1 Å². The zero-order valence-electron chi connectivity index (χ0n) is 14.5. The van der Waals surface area contributed by atoms with E-state index >= 15 is 0 Å². The highest BCUT2D eigenvalue weighted by atomic mass is 15.3. The summed E-state index contributed by atoms with van der Waals surface area (Å²) in [6.07, 6.45) is 3.47. The molecule has 0 unspecified atom stereocenters. The van der Waals surface area contributed by atoms with Crippen LogP contribution < -0.4 is 4.90 Å². The van der Waals surface area contributed by atoms with Crippen molar-refractivity contribution in [1.82, 2.24) is 24.8 Å². The third-order valence-electron chi connectivity index (χ3n) is 5.04. The first kappa shape index (κ1) is 15.3. The fourth-order valence-corrected chi connectivity index (χ4v) is 3.63. The maximum atomic E-state index is 4.69. The van der Waals surface area contributed by atoms with Crippen LogP contribution in [0, 0.1) is 0 Å². The van der Waals surface area contributed by atoms with E-state index in [9.17, 15) is 0 Å². The molecule has 0 amide bonds. The molecule has 1 fully saturated rings. The van der Waals surface area contributed by atoms with Crippen LogP contribution in [0.4, 0.5) is 5.69 Å². The predicted molar refractivity (Wildman–Crippen MR) is 103 cm³/mol. The molecule has 0 aliphatic carbocycles. The van der Waals surface area contributed by atoms with E-state index in [-0.39, 0.29) is 0 Å². The number of para-hydroxylation sites is 2. The summed E-state index contributed by atoms with van der Waals surface area (Å²) in [4.78, 5) is 21.4. The van der Waals surface area contributed by atoms with E-state index in [1.165, 1.54) is 5.69 Å².